The van der Waals surface area contributed by atoms with Crippen molar-refractivity contribution in [1.29, 1.82) is 0 Å². The Kier molecular flexibility index (Phi) is 3.50. The van der Waals surface area contributed by atoms with Crippen LogP contribution in [0.3, 0.4) is 0 Å². The number of aromatic nitrogens is 2. The number of hydrogen-bond donors (Lipinski definition) is 1. The Morgan fingerprint density at radius 3 is 2.90 bits per heavy atom. The molecule has 0 aliphatic carbocycles. The molecular formula is C15H9ClFN3O. The minimum atomic E-state index is -0.686. The summed E-state index contributed by atoms with van der Waals surface area (Å²) in [5, 5.41) is 3.88. The molecule has 0 spiro atoms. The number of carbonyl (C=O) groups is 1. The van der Waals surface area contributed by atoms with E-state index in [1.807, 2.05) is 6.07 Å². The van der Waals surface area contributed by atoms with Crippen LogP contribution in [0.25, 0.3) is 10.9 Å². The van der Waals surface area contributed by atoms with Gasteiger partial charge in [-0.25, -0.2) is 4.39 Å². The summed E-state index contributed by atoms with van der Waals surface area (Å²) in [6.45, 7) is 0. The minimum absolute atomic E-state index is 0.0888. The lowest BCUT2D eigenvalue weighted by atomic mass is 10.1. The molecular weight excluding hydrogens is 293 g/mol. The highest BCUT2D eigenvalue weighted by atomic mass is 35.5. The Morgan fingerprint density at radius 2 is 2.10 bits per heavy atom. The van der Waals surface area contributed by atoms with Crippen LogP contribution in [-0.4, -0.2) is 15.9 Å². The average Bonchev–Trinajstić information content (AvgIpc) is 2.47. The SMILES string of the molecule is O=C(Nc1cc(Cl)cc2cccnc12)c1ccncc1F. The summed E-state index contributed by atoms with van der Waals surface area (Å²) in [6.07, 6.45) is 3.95. The van der Waals surface area contributed by atoms with Crippen molar-refractivity contribution in [2.45, 2.75) is 0 Å². The molecule has 0 fully saturated rings. The van der Waals surface area contributed by atoms with Crippen molar-refractivity contribution >= 4 is 34.1 Å². The van der Waals surface area contributed by atoms with E-state index in [9.17, 15) is 9.18 Å². The second-order valence-corrected chi connectivity index (χ2v) is 4.77. The van der Waals surface area contributed by atoms with Crippen molar-refractivity contribution in [3.05, 3.63) is 65.3 Å². The van der Waals surface area contributed by atoms with E-state index in [4.69, 9.17) is 11.6 Å². The standard InChI is InChI=1S/C15H9ClFN3O/c16-10-6-9-2-1-4-19-14(9)13(7-10)20-15(21)11-3-5-18-8-12(11)17/h1-8H,(H,20,21). The Balaban J connectivity index is 2.02. The smallest absolute Gasteiger partial charge is 0.258 e. The van der Waals surface area contributed by atoms with Gasteiger partial charge in [-0.15, -0.1) is 0 Å². The van der Waals surface area contributed by atoms with Crippen molar-refractivity contribution in [1.82, 2.24) is 9.97 Å². The first kappa shape index (κ1) is 13.5. The molecule has 3 rings (SSSR count). The predicted octanol–water partition coefficient (Wildman–Crippen LogP) is 3.67. The number of nitrogens with one attached hydrogen (secondary N) is 1. The molecule has 1 N–H and O–H groups in total. The molecule has 0 unspecified atom stereocenters. The molecule has 0 saturated carbocycles. The molecule has 0 bridgehead atoms. The Labute approximate surface area is 124 Å². The fourth-order valence-electron chi connectivity index (χ4n) is 2.00. The fraction of sp³-hybridized carbons (Fsp3) is 0. The monoisotopic (exact) mass is 301 g/mol. The molecule has 0 aliphatic rings. The van der Waals surface area contributed by atoms with Crippen LogP contribution in [0.1, 0.15) is 10.4 Å². The lowest BCUT2D eigenvalue weighted by Crippen LogP contribution is -2.14. The highest BCUT2D eigenvalue weighted by Crippen LogP contribution is 2.26. The first-order valence-electron chi connectivity index (χ1n) is 6.10. The van der Waals surface area contributed by atoms with E-state index in [1.54, 1.807) is 24.4 Å². The van der Waals surface area contributed by atoms with E-state index in [0.717, 1.165) is 11.6 Å². The summed E-state index contributed by atoms with van der Waals surface area (Å²) in [6, 6.07) is 8.23. The third kappa shape index (κ3) is 2.68. The number of carbonyl (C=O) groups excluding carboxylic acids is 1. The predicted molar refractivity (Wildman–Crippen MR) is 78.9 cm³/mol. The Bertz CT molecular complexity index is 838. The number of rotatable bonds is 2. The molecule has 0 aliphatic heterocycles. The molecule has 4 nitrogen and oxygen atoms in total. The summed E-state index contributed by atoms with van der Waals surface area (Å²) in [5.74, 6) is -1.27. The summed E-state index contributed by atoms with van der Waals surface area (Å²) < 4.78 is 13.6. The van der Waals surface area contributed by atoms with Crippen LogP contribution in [-0.2, 0) is 0 Å². The first-order valence-corrected chi connectivity index (χ1v) is 6.48. The van der Waals surface area contributed by atoms with Gasteiger partial charge in [0, 0.05) is 22.8 Å². The van der Waals surface area contributed by atoms with E-state index in [-0.39, 0.29) is 5.56 Å². The number of benzene rings is 1. The maximum absolute atomic E-state index is 13.6. The van der Waals surface area contributed by atoms with Crippen molar-refractivity contribution in [2.24, 2.45) is 0 Å². The van der Waals surface area contributed by atoms with Gasteiger partial charge in [-0.2, -0.15) is 0 Å². The van der Waals surface area contributed by atoms with Crippen molar-refractivity contribution < 1.29 is 9.18 Å². The van der Waals surface area contributed by atoms with Gasteiger partial charge in [-0.1, -0.05) is 17.7 Å². The highest BCUT2D eigenvalue weighted by molar-refractivity contribution is 6.32. The second-order valence-electron chi connectivity index (χ2n) is 4.34. The van der Waals surface area contributed by atoms with Gasteiger partial charge < -0.3 is 5.32 Å². The molecule has 3 aromatic rings. The summed E-state index contributed by atoms with van der Waals surface area (Å²) in [5.41, 5.74) is 0.929. The van der Waals surface area contributed by atoms with Gasteiger partial charge in [0.05, 0.1) is 23.0 Å². The zero-order valence-corrected chi connectivity index (χ0v) is 11.4. The van der Waals surface area contributed by atoms with E-state index in [0.29, 0.717) is 16.2 Å². The van der Waals surface area contributed by atoms with E-state index < -0.39 is 11.7 Å². The minimum Gasteiger partial charge on any atom is -0.320 e. The number of fused-ring (bicyclic) bond motifs is 1. The lowest BCUT2D eigenvalue weighted by molar-refractivity contribution is 0.102. The third-order valence-electron chi connectivity index (χ3n) is 2.93. The molecule has 1 aromatic carbocycles. The Hall–Kier alpha value is -2.53. The number of anilines is 1. The number of amides is 1. The van der Waals surface area contributed by atoms with Crippen molar-refractivity contribution in [3.63, 3.8) is 0 Å². The van der Waals surface area contributed by atoms with Gasteiger partial charge >= 0.3 is 0 Å². The average molecular weight is 302 g/mol. The number of halogens is 2. The highest BCUT2D eigenvalue weighted by Gasteiger charge is 2.13. The second kappa shape index (κ2) is 5.46. The topological polar surface area (TPSA) is 54.9 Å². The third-order valence-corrected chi connectivity index (χ3v) is 3.15. The van der Waals surface area contributed by atoms with Crippen LogP contribution in [0.2, 0.25) is 5.02 Å². The normalized spacial score (nSPS) is 10.6. The van der Waals surface area contributed by atoms with Crippen LogP contribution in [0.15, 0.2) is 48.9 Å². The number of hydrogen-bond acceptors (Lipinski definition) is 3. The van der Waals surface area contributed by atoms with Crippen molar-refractivity contribution in [3.8, 4) is 0 Å². The van der Waals surface area contributed by atoms with Crippen LogP contribution < -0.4 is 5.32 Å². The van der Waals surface area contributed by atoms with Crippen molar-refractivity contribution in [2.75, 3.05) is 5.32 Å². The molecule has 2 heterocycles. The van der Waals surface area contributed by atoms with Gasteiger partial charge in [0.15, 0.2) is 5.82 Å². The summed E-state index contributed by atoms with van der Waals surface area (Å²) in [4.78, 5) is 20.0. The van der Waals surface area contributed by atoms with E-state index in [1.165, 1.54) is 12.3 Å². The molecule has 0 saturated heterocycles. The molecule has 0 atom stereocenters. The first-order chi connectivity index (χ1) is 10.1. The zero-order valence-electron chi connectivity index (χ0n) is 10.7. The Morgan fingerprint density at radius 1 is 1.24 bits per heavy atom. The molecule has 104 valence electrons. The number of nitrogens with zero attached hydrogens (tertiary/aromatic N) is 2. The largest absolute Gasteiger partial charge is 0.320 e. The van der Waals surface area contributed by atoms with Gasteiger partial charge in [-0.3, -0.25) is 14.8 Å². The maximum Gasteiger partial charge on any atom is 0.258 e. The summed E-state index contributed by atoms with van der Waals surface area (Å²) >= 11 is 6.02. The van der Waals surface area contributed by atoms with Crippen LogP contribution in [0, 0.1) is 5.82 Å². The van der Waals surface area contributed by atoms with Crippen LogP contribution >= 0.6 is 11.6 Å². The van der Waals surface area contributed by atoms with E-state index >= 15 is 0 Å². The summed E-state index contributed by atoms with van der Waals surface area (Å²) in [7, 11) is 0. The fourth-order valence-corrected chi connectivity index (χ4v) is 2.23. The van der Waals surface area contributed by atoms with Crippen LogP contribution in [0.4, 0.5) is 10.1 Å². The molecule has 6 heteroatoms. The molecule has 0 radical (unpaired) electrons. The quantitative estimate of drug-likeness (QED) is 0.785. The van der Waals surface area contributed by atoms with Gasteiger partial charge in [0.2, 0.25) is 0 Å². The molecule has 2 aromatic heterocycles. The van der Waals surface area contributed by atoms with Gasteiger partial charge in [0.25, 0.3) is 5.91 Å². The molecule has 21 heavy (non-hydrogen) atoms. The molecule has 1 amide bonds. The van der Waals surface area contributed by atoms with E-state index in [2.05, 4.69) is 15.3 Å². The maximum atomic E-state index is 13.6. The lowest BCUT2D eigenvalue weighted by Gasteiger charge is -2.09. The van der Waals surface area contributed by atoms with Gasteiger partial charge in [0.1, 0.15) is 0 Å². The van der Waals surface area contributed by atoms with Gasteiger partial charge in [-0.05, 0) is 24.3 Å². The van der Waals surface area contributed by atoms with Crippen LogP contribution in [0.5, 0.6) is 0 Å². The zero-order chi connectivity index (χ0) is 14.8. The number of pyridine rings is 2.